The van der Waals surface area contributed by atoms with Crippen molar-refractivity contribution in [1.82, 2.24) is 0 Å². The predicted molar refractivity (Wildman–Crippen MR) is 213 cm³/mol. The van der Waals surface area contributed by atoms with Crippen molar-refractivity contribution in [3.05, 3.63) is 188 Å². The van der Waals surface area contributed by atoms with Gasteiger partial charge in [0.2, 0.25) is 0 Å². The van der Waals surface area contributed by atoms with Crippen molar-refractivity contribution < 1.29 is 0 Å². The Balaban J connectivity index is 1.30. The van der Waals surface area contributed by atoms with Crippen LogP contribution in [0.1, 0.15) is 0 Å². The van der Waals surface area contributed by atoms with E-state index in [2.05, 4.69) is 188 Å². The number of benzene rings is 9. The van der Waals surface area contributed by atoms with Gasteiger partial charge in [-0.05, 0) is 112 Å². The first-order chi connectivity index (χ1) is 23.7. The van der Waals surface area contributed by atoms with Crippen molar-refractivity contribution in [3.8, 4) is 22.3 Å². The monoisotopic (exact) mass is 628 g/mol. The lowest BCUT2D eigenvalue weighted by molar-refractivity contribution is 1.67. The molecule has 0 radical (unpaired) electrons. The molecule has 9 rings (SSSR count). The predicted octanol–water partition coefficient (Wildman–Crippen LogP) is 11.4. The highest BCUT2D eigenvalue weighted by molar-refractivity contribution is 7.93. The SMILES string of the molecule is C=P(c1ccccc1)(c1ccc2c(c1)cc(-c1ccccc1)c1ccccc12)c1ccc2c(c1)cc(-c1ccccc1)c1ccccc12. The molecule has 0 amide bonds. The summed E-state index contributed by atoms with van der Waals surface area (Å²) in [6.45, 7) is -2.28. The molecule has 0 aliphatic carbocycles. The number of hydrogen-bond acceptors (Lipinski definition) is 0. The largest absolute Gasteiger partial charge is 0.0887 e. The van der Waals surface area contributed by atoms with Crippen LogP contribution in [0.25, 0.3) is 65.3 Å². The Morgan fingerprint density at radius 1 is 0.292 bits per heavy atom. The van der Waals surface area contributed by atoms with E-state index in [1.165, 1.54) is 81.3 Å². The lowest BCUT2D eigenvalue weighted by Gasteiger charge is -2.28. The van der Waals surface area contributed by atoms with Crippen LogP contribution in [-0.4, -0.2) is 6.30 Å². The number of hydrogen-bond donors (Lipinski definition) is 0. The van der Waals surface area contributed by atoms with Gasteiger partial charge in [0.05, 0.1) is 0 Å². The fraction of sp³-hybridized carbons (Fsp3) is 0. The summed E-state index contributed by atoms with van der Waals surface area (Å²) in [5.41, 5.74) is 4.98. The second kappa shape index (κ2) is 11.5. The van der Waals surface area contributed by atoms with E-state index in [0.29, 0.717) is 0 Å². The van der Waals surface area contributed by atoms with Gasteiger partial charge in [-0.25, -0.2) is 0 Å². The molecule has 0 aliphatic heterocycles. The third kappa shape index (κ3) is 4.61. The molecule has 0 atom stereocenters. The summed E-state index contributed by atoms with van der Waals surface area (Å²) in [7, 11) is 0. The fourth-order valence-corrected chi connectivity index (χ4v) is 10.5. The molecule has 9 aromatic carbocycles. The normalized spacial score (nSPS) is 11.8. The lowest BCUT2D eigenvalue weighted by Crippen LogP contribution is -2.25. The number of fused-ring (bicyclic) bond motifs is 6. The first-order valence-corrected chi connectivity index (χ1v) is 18.5. The van der Waals surface area contributed by atoms with Crippen LogP contribution >= 0.6 is 6.89 Å². The van der Waals surface area contributed by atoms with Crippen LogP contribution in [0, 0.1) is 0 Å². The van der Waals surface area contributed by atoms with Crippen molar-refractivity contribution in [1.29, 1.82) is 0 Å². The fourth-order valence-electron chi connectivity index (χ4n) is 7.52. The Morgan fingerprint density at radius 2 is 0.667 bits per heavy atom. The van der Waals surface area contributed by atoms with Crippen LogP contribution in [0.2, 0.25) is 0 Å². The molecule has 0 N–H and O–H groups in total. The summed E-state index contributed by atoms with van der Waals surface area (Å²) in [5, 5.41) is 14.0. The van der Waals surface area contributed by atoms with Crippen LogP contribution in [0.3, 0.4) is 0 Å². The highest BCUT2D eigenvalue weighted by Gasteiger charge is 2.24. The molecule has 0 saturated carbocycles. The Kier molecular flexibility index (Phi) is 6.86. The van der Waals surface area contributed by atoms with Crippen molar-refractivity contribution >= 4 is 72.2 Å². The molecule has 0 heterocycles. The van der Waals surface area contributed by atoms with Gasteiger partial charge in [0.15, 0.2) is 0 Å². The average molecular weight is 629 g/mol. The zero-order valence-electron chi connectivity index (χ0n) is 26.6. The minimum atomic E-state index is -2.28. The average Bonchev–Trinajstić information content (AvgIpc) is 3.17. The van der Waals surface area contributed by atoms with Gasteiger partial charge in [-0.3, -0.25) is 0 Å². The van der Waals surface area contributed by atoms with Gasteiger partial charge in [0.1, 0.15) is 0 Å². The third-order valence-electron chi connectivity index (χ3n) is 9.93. The van der Waals surface area contributed by atoms with Crippen LogP contribution in [-0.2, 0) is 0 Å². The minimum absolute atomic E-state index is 1.23. The number of rotatable bonds is 5. The molecule has 9 aromatic rings. The molecule has 0 aliphatic rings. The van der Waals surface area contributed by atoms with Gasteiger partial charge < -0.3 is 0 Å². The van der Waals surface area contributed by atoms with Crippen molar-refractivity contribution in [3.63, 3.8) is 0 Å². The summed E-state index contributed by atoms with van der Waals surface area (Å²) < 4.78 is 0. The molecule has 0 aromatic heterocycles. The van der Waals surface area contributed by atoms with E-state index in [1.54, 1.807) is 0 Å². The Labute approximate surface area is 281 Å². The quantitative estimate of drug-likeness (QED) is 0.131. The molecule has 0 nitrogen and oxygen atoms in total. The van der Waals surface area contributed by atoms with Crippen LogP contribution in [0.4, 0.5) is 0 Å². The summed E-state index contributed by atoms with van der Waals surface area (Å²) in [6, 6.07) is 69.0. The van der Waals surface area contributed by atoms with Crippen LogP contribution in [0.15, 0.2) is 188 Å². The van der Waals surface area contributed by atoms with Gasteiger partial charge in [-0.1, -0.05) is 170 Å². The lowest BCUT2D eigenvalue weighted by atomic mass is 9.93. The zero-order valence-corrected chi connectivity index (χ0v) is 27.4. The molecule has 0 saturated heterocycles. The Morgan fingerprint density at radius 3 is 1.10 bits per heavy atom. The first-order valence-electron chi connectivity index (χ1n) is 16.5. The van der Waals surface area contributed by atoms with Gasteiger partial charge in [0.25, 0.3) is 0 Å². The minimum Gasteiger partial charge on any atom is -0.0887 e. The summed E-state index contributed by atoms with van der Waals surface area (Å²) in [4.78, 5) is 0. The standard InChI is InChI=1S/C47H33P/c1-48(37-19-9-4-10-20-37,38-25-27-40-35(29-38)31-46(33-15-5-2-6-16-33)44-23-13-11-21-42(40)44)39-26-28-41-36(30-39)32-47(34-17-7-3-8-18-34)45-24-14-12-22-43(41)45/h2-32H,1H2. The van der Waals surface area contributed by atoms with Gasteiger partial charge in [-0.15, -0.1) is 0 Å². The molecular weight excluding hydrogens is 595 g/mol. The molecule has 0 fully saturated rings. The highest BCUT2D eigenvalue weighted by Crippen LogP contribution is 2.45. The second-order valence-corrected chi connectivity index (χ2v) is 15.8. The molecule has 0 unspecified atom stereocenters. The Hall–Kier alpha value is -5.68. The van der Waals surface area contributed by atoms with Crippen molar-refractivity contribution in [2.75, 3.05) is 0 Å². The maximum absolute atomic E-state index is 5.19. The topological polar surface area (TPSA) is 0 Å². The van der Waals surface area contributed by atoms with Crippen molar-refractivity contribution in [2.24, 2.45) is 0 Å². The second-order valence-electron chi connectivity index (χ2n) is 12.6. The highest BCUT2D eigenvalue weighted by atomic mass is 31.2. The Bertz CT molecular complexity index is 2510. The molecule has 1 heteroatoms. The summed E-state index contributed by atoms with van der Waals surface area (Å²) in [5.74, 6) is 0. The van der Waals surface area contributed by atoms with E-state index in [1.807, 2.05) is 0 Å². The van der Waals surface area contributed by atoms with Crippen LogP contribution in [0.5, 0.6) is 0 Å². The molecule has 48 heavy (non-hydrogen) atoms. The molecule has 226 valence electrons. The zero-order chi connectivity index (χ0) is 32.1. The van der Waals surface area contributed by atoms with Gasteiger partial charge in [0, 0.05) is 0 Å². The van der Waals surface area contributed by atoms with E-state index in [0.717, 1.165) is 0 Å². The smallest absolute Gasteiger partial charge is 0.00990 e. The van der Waals surface area contributed by atoms with Gasteiger partial charge >= 0.3 is 0 Å². The van der Waals surface area contributed by atoms with E-state index < -0.39 is 6.89 Å². The van der Waals surface area contributed by atoms with Crippen molar-refractivity contribution in [2.45, 2.75) is 0 Å². The van der Waals surface area contributed by atoms with Gasteiger partial charge in [-0.2, -0.15) is 0 Å². The first kappa shape index (κ1) is 28.5. The van der Waals surface area contributed by atoms with E-state index >= 15 is 0 Å². The maximum Gasteiger partial charge on any atom is -0.00990 e. The van der Waals surface area contributed by atoms with E-state index in [-0.39, 0.29) is 0 Å². The molecule has 0 bridgehead atoms. The van der Waals surface area contributed by atoms with Crippen LogP contribution < -0.4 is 15.9 Å². The molecular formula is C47H33P. The summed E-state index contributed by atoms with van der Waals surface area (Å²) in [6.07, 6.45) is 5.19. The summed E-state index contributed by atoms with van der Waals surface area (Å²) >= 11 is 0. The van der Waals surface area contributed by atoms with E-state index in [9.17, 15) is 0 Å². The van der Waals surface area contributed by atoms with E-state index in [4.69, 9.17) is 6.30 Å². The maximum atomic E-state index is 5.19. The third-order valence-corrected chi connectivity index (χ3v) is 13.4. The molecule has 0 spiro atoms.